The monoisotopic (exact) mass is 388 g/mol. The molecule has 7 nitrogen and oxygen atoms in total. The van der Waals surface area contributed by atoms with Crippen molar-refractivity contribution in [3.8, 4) is 0 Å². The van der Waals surface area contributed by atoms with Crippen molar-refractivity contribution in [3.05, 3.63) is 39.8 Å². The first-order chi connectivity index (χ1) is 13.1. The van der Waals surface area contributed by atoms with Gasteiger partial charge in [-0.2, -0.15) is 0 Å². The lowest BCUT2D eigenvalue weighted by molar-refractivity contribution is -0.121. The minimum absolute atomic E-state index is 0.0207. The molecule has 1 unspecified atom stereocenters. The third-order valence-corrected chi connectivity index (χ3v) is 5.30. The number of nitrogens with zero attached hydrogens (tertiary/aromatic N) is 2. The zero-order chi connectivity index (χ0) is 19.1. The maximum absolute atomic E-state index is 12.2. The van der Waals surface area contributed by atoms with Crippen LogP contribution in [0.2, 0.25) is 0 Å². The van der Waals surface area contributed by atoms with Gasteiger partial charge in [-0.15, -0.1) is 10.2 Å². The van der Waals surface area contributed by atoms with Crippen LogP contribution in [-0.4, -0.2) is 41.3 Å². The third-order valence-electron chi connectivity index (χ3n) is 4.32. The molecule has 3 rings (SSSR count). The van der Waals surface area contributed by atoms with Crippen molar-refractivity contribution >= 4 is 28.8 Å². The summed E-state index contributed by atoms with van der Waals surface area (Å²) in [4.78, 5) is 24.1. The van der Waals surface area contributed by atoms with E-state index in [0.29, 0.717) is 30.8 Å². The molecule has 0 saturated carbocycles. The Hall–Kier alpha value is -2.32. The molecule has 1 aromatic heterocycles. The van der Waals surface area contributed by atoms with Gasteiger partial charge in [0.2, 0.25) is 10.9 Å². The second-order valence-corrected chi connectivity index (χ2v) is 7.68. The Kier molecular flexibility index (Phi) is 6.89. The quantitative estimate of drug-likeness (QED) is 0.725. The van der Waals surface area contributed by atoms with E-state index in [0.717, 1.165) is 35.7 Å². The Morgan fingerprint density at radius 1 is 1.26 bits per heavy atom. The van der Waals surface area contributed by atoms with Crippen LogP contribution in [0.15, 0.2) is 24.3 Å². The highest BCUT2D eigenvalue weighted by Gasteiger charge is 2.16. The third kappa shape index (κ3) is 6.11. The van der Waals surface area contributed by atoms with Gasteiger partial charge in [0.05, 0.1) is 6.10 Å². The summed E-state index contributed by atoms with van der Waals surface area (Å²) in [6, 6.07) is 7.57. The number of carbonyl (C=O) groups is 2. The Balaban J connectivity index is 1.38. The lowest BCUT2D eigenvalue weighted by Crippen LogP contribution is -2.31. The van der Waals surface area contributed by atoms with Crippen molar-refractivity contribution < 1.29 is 14.3 Å². The maximum atomic E-state index is 12.2. The molecule has 0 bridgehead atoms. The summed E-state index contributed by atoms with van der Waals surface area (Å²) < 4.78 is 5.48. The van der Waals surface area contributed by atoms with E-state index in [1.165, 1.54) is 11.3 Å². The van der Waals surface area contributed by atoms with Gasteiger partial charge in [-0.25, -0.2) is 0 Å². The van der Waals surface area contributed by atoms with Gasteiger partial charge in [-0.05, 0) is 38.3 Å². The number of nitrogens with one attached hydrogen (secondary N) is 2. The van der Waals surface area contributed by atoms with E-state index in [2.05, 4.69) is 20.8 Å². The van der Waals surface area contributed by atoms with Gasteiger partial charge < -0.3 is 15.4 Å². The zero-order valence-electron chi connectivity index (χ0n) is 15.4. The smallest absolute Gasteiger partial charge is 0.286 e. The maximum Gasteiger partial charge on any atom is 0.286 e. The highest BCUT2D eigenvalue weighted by molar-refractivity contribution is 7.13. The van der Waals surface area contributed by atoms with E-state index in [1.54, 1.807) is 0 Å². The molecule has 0 aliphatic carbocycles. The van der Waals surface area contributed by atoms with E-state index >= 15 is 0 Å². The highest BCUT2D eigenvalue weighted by atomic mass is 32.1. The van der Waals surface area contributed by atoms with Crippen LogP contribution in [0.1, 0.15) is 46.1 Å². The first kappa shape index (κ1) is 19.4. The van der Waals surface area contributed by atoms with Gasteiger partial charge in [0.25, 0.3) is 5.91 Å². The number of hydrogen-bond acceptors (Lipinski definition) is 6. The molecule has 1 fully saturated rings. The SMILES string of the molecule is Cc1ccc(NC(=O)c2nnc(CCCC(=O)NCC3CCCO3)s2)cc1. The molecule has 144 valence electrons. The summed E-state index contributed by atoms with van der Waals surface area (Å²) in [7, 11) is 0. The van der Waals surface area contributed by atoms with Crippen molar-refractivity contribution in [2.75, 3.05) is 18.5 Å². The molecule has 2 N–H and O–H groups in total. The van der Waals surface area contributed by atoms with Gasteiger partial charge in [0.1, 0.15) is 5.01 Å². The first-order valence-corrected chi connectivity index (χ1v) is 10.0. The highest BCUT2D eigenvalue weighted by Crippen LogP contribution is 2.16. The number of carbonyl (C=O) groups excluding carboxylic acids is 2. The standard InChI is InChI=1S/C19H24N4O3S/c1-13-7-9-14(10-8-13)21-18(25)19-23-22-17(27-19)6-2-5-16(24)20-12-15-4-3-11-26-15/h7-10,15H,2-6,11-12H2,1H3,(H,20,24)(H,21,25). The fourth-order valence-corrected chi connectivity index (χ4v) is 3.57. The second kappa shape index (κ2) is 9.57. The van der Waals surface area contributed by atoms with Crippen molar-refractivity contribution in [1.82, 2.24) is 15.5 Å². The number of hydrogen-bond donors (Lipinski definition) is 2. The number of aromatic nitrogens is 2. The minimum atomic E-state index is -0.267. The molecular weight excluding hydrogens is 364 g/mol. The molecule has 27 heavy (non-hydrogen) atoms. The van der Waals surface area contributed by atoms with E-state index in [9.17, 15) is 9.59 Å². The summed E-state index contributed by atoms with van der Waals surface area (Å²) in [5.41, 5.74) is 1.86. The Morgan fingerprint density at radius 3 is 2.81 bits per heavy atom. The van der Waals surface area contributed by atoms with Crippen LogP contribution in [0, 0.1) is 6.92 Å². The predicted molar refractivity (Wildman–Crippen MR) is 104 cm³/mol. The molecule has 1 atom stereocenters. The molecule has 2 amide bonds. The molecular formula is C19H24N4O3S. The molecule has 1 saturated heterocycles. The number of benzene rings is 1. The first-order valence-electron chi connectivity index (χ1n) is 9.19. The summed E-state index contributed by atoms with van der Waals surface area (Å²) in [6.07, 6.45) is 3.97. The van der Waals surface area contributed by atoms with Crippen LogP contribution in [-0.2, 0) is 16.0 Å². The minimum Gasteiger partial charge on any atom is -0.376 e. The average molecular weight is 388 g/mol. The Labute approximate surface area is 162 Å². The van der Waals surface area contributed by atoms with Crippen LogP contribution in [0.25, 0.3) is 0 Å². The fourth-order valence-electron chi connectivity index (χ4n) is 2.79. The molecule has 8 heteroatoms. The summed E-state index contributed by atoms with van der Waals surface area (Å²) in [5, 5.41) is 14.8. The van der Waals surface area contributed by atoms with E-state index < -0.39 is 0 Å². The van der Waals surface area contributed by atoms with Crippen molar-refractivity contribution in [3.63, 3.8) is 0 Å². The second-order valence-electron chi connectivity index (χ2n) is 6.61. The average Bonchev–Trinajstić information content (AvgIpc) is 3.34. The van der Waals surface area contributed by atoms with Crippen LogP contribution in [0.4, 0.5) is 5.69 Å². The Bertz CT molecular complexity index is 770. The largest absolute Gasteiger partial charge is 0.376 e. The molecule has 0 radical (unpaired) electrons. The number of aryl methyl sites for hydroxylation is 2. The predicted octanol–water partition coefficient (Wildman–Crippen LogP) is 2.72. The molecule has 1 aromatic carbocycles. The number of ether oxygens (including phenoxy) is 1. The van der Waals surface area contributed by atoms with Gasteiger partial charge >= 0.3 is 0 Å². The fraction of sp³-hybridized carbons (Fsp3) is 0.474. The van der Waals surface area contributed by atoms with E-state index in [1.807, 2.05) is 31.2 Å². The van der Waals surface area contributed by atoms with Crippen LogP contribution >= 0.6 is 11.3 Å². The topological polar surface area (TPSA) is 93.2 Å². The lowest BCUT2D eigenvalue weighted by Gasteiger charge is -2.10. The molecule has 2 heterocycles. The van der Waals surface area contributed by atoms with Gasteiger partial charge in [0.15, 0.2) is 0 Å². The van der Waals surface area contributed by atoms with Crippen molar-refractivity contribution in [2.45, 2.75) is 45.1 Å². The van der Waals surface area contributed by atoms with Crippen LogP contribution < -0.4 is 10.6 Å². The van der Waals surface area contributed by atoms with Gasteiger partial charge in [0, 0.05) is 31.7 Å². The van der Waals surface area contributed by atoms with E-state index in [4.69, 9.17) is 4.74 Å². The van der Waals surface area contributed by atoms with Crippen molar-refractivity contribution in [2.24, 2.45) is 0 Å². The zero-order valence-corrected chi connectivity index (χ0v) is 16.2. The molecule has 0 spiro atoms. The number of amides is 2. The number of rotatable bonds is 8. The van der Waals surface area contributed by atoms with Crippen LogP contribution in [0.5, 0.6) is 0 Å². The van der Waals surface area contributed by atoms with Gasteiger partial charge in [-0.1, -0.05) is 29.0 Å². The lowest BCUT2D eigenvalue weighted by atomic mass is 10.2. The van der Waals surface area contributed by atoms with E-state index in [-0.39, 0.29) is 17.9 Å². The molecule has 2 aromatic rings. The van der Waals surface area contributed by atoms with Gasteiger partial charge in [-0.3, -0.25) is 9.59 Å². The summed E-state index contributed by atoms with van der Waals surface area (Å²) >= 11 is 1.26. The number of anilines is 1. The summed E-state index contributed by atoms with van der Waals surface area (Å²) in [5.74, 6) is -0.246. The Morgan fingerprint density at radius 2 is 2.07 bits per heavy atom. The molecule has 1 aliphatic heterocycles. The van der Waals surface area contributed by atoms with Crippen molar-refractivity contribution in [1.29, 1.82) is 0 Å². The normalized spacial score (nSPS) is 16.3. The van der Waals surface area contributed by atoms with Crippen LogP contribution in [0.3, 0.4) is 0 Å². The summed E-state index contributed by atoms with van der Waals surface area (Å²) in [6.45, 7) is 3.36. The molecule has 1 aliphatic rings.